The Morgan fingerprint density at radius 2 is 2.04 bits per heavy atom. The van der Waals surface area contributed by atoms with E-state index in [1.165, 1.54) is 6.07 Å². The molecule has 3 heterocycles. The van der Waals surface area contributed by atoms with Crippen molar-refractivity contribution in [1.82, 2.24) is 9.88 Å². The Labute approximate surface area is 138 Å². The molecule has 2 aliphatic heterocycles. The molecule has 0 aliphatic carbocycles. The Morgan fingerprint density at radius 3 is 2.67 bits per heavy atom. The Hall–Kier alpha value is -1.83. The van der Waals surface area contributed by atoms with Crippen molar-refractivity contribution in [3.8, 4) is 0 Å². The van der Waals surface area contributed by atoms with Gasteiger partial charge in [0.15, 0.2) is 0 Å². The quantitative estimate of drug-likeness (QED) is 0.911. The normalized spacial score (nSPS) is 24.9. The lowest BCUT2D eigenvalue weighted by molar-refractivity contribution is -0.145. The topological polar surface area (TPSA) is 56.7 Å². The molecule has 8 heteroatoms. The van der Waals surface area contributed by atoms with Gasteiger partial charge in [-0.1, -0.05) is 0 Å². The van der Waals surface area contributed by atoms with Crippen LogP contribution >= 0.6 is 0 Å². The minimum absolute atomic E-state index is 0.0391. The summed E-state index contributed by atoms with van der Waals surface area (Å²) < 4.78 is 37.9. The highest BCUT2D eigenvalue weighted by molar-refractivity contribution is 5.85. The summed E-state index contributed by atoms with van der Waals surface area (Å²) in [6.07, 6.45) is -1.26. The van der Waals surface area contributed by atoms with E-state index in [1.807, 2.05) is 4.90 Å². The number of halogens is 3. The highest BCUT2D eigenvalue weighted by Gasteiger charge is 2.48. The van der Waals surface area contributed by atoms with Crippen molar-refractivity contribution in [2.24, 2.45) is 5.41 Å². The number of aromatic nitrogens is 1. The number of carbonyl (C=O) groups is 1. The molecule has 2 fully saturated rings. The van der Waals surface area contributed by atoms with E-state index >= 15 is 0 Å². The molecule has 132 valence electrons. The fourth-order valence-corrected chi connectivity index (χ4v) is 3.67. The second-order valence-corrected chi connectivity index (χ2v) is 6.47. The van der Waals surface area contributed by atoms with Gasteiger partial charge >= 0.3 is 6.18 Å². The van der Waals surface area contributed by atoms with Gasteiger partial charge in [0.05, 0.1) is 17.6 Å². The van der Waals surface area contributed by atoms with Crippen LogP contribution < -0.4 is 4.90 Å². The molecule has 24 heavy (non-hydrogen) atoms. The molecule has 0 unspecified atom stereocenters. The summed E-state index contributed by atoms with van der Waals surface area (Å²) >= 11 is 0. The number of carbonyl (C=O) groups excluding carboxylic acids is 1. The Morgan fingerprint density at radius 1 is 1.25 bits per heavy atom. The lowest BCUT2D eigenvalue weighted by atomic mass is 9.78. The van der Waals surface area contributed by atoms with E-state index in [-0.39, 0.29) is 12.5 Å². The van der Waals surface area contributed by atoms with E-state index in [9.17, 15) is 18.0 Å². The average molecular weight is 343 g/mol. The number of aliphatic hydroxyl groups is 1. The molecule has 0 aromatic carbocycles. The lowest BCUT2D eigenvalue weighted by Crippen LogP contribution is -2.50. The van der Waals surface area contributed by atoms with Crippen LogP contribution in [0.3, 0.4) is 0 Å². The Balaban J connectivity index is 1.74. The lowest BCUT2D eigenvalue weighted by Gasteiger charge is -2.39. The summed E-state index contributed by atoms with van der Waals surface area (Å²) in [5.41, 5.74) is -1.28. The van der Waals surface area contributed by atoms with Crippen molar-refractivity contribution in [2.75, 3.05) is 37.7 Å². The third-order valence-corrected chi connectivity index (χ3v) is 4.95. The molecule has 0 radical (unpaired) electrons. The number of piperidine rings is 1. The van der Waals surface area contributed by atoms with E-state index < -0.39 is 17.2 Å². The van der Waals surface area contributed by atoms with Gasteiger partial charge in [0.25, 0.3) is 0 Å². The van der Waals surface area contributed by atoms with Crippen LogP contribution in [0.1, 0.15) is 24.8 Å². The smallest absolute Gasteiger partial charge is 0.395 e. The summed E-state index contributed by atoms with van der Waals surface area (Å²) in [7, 11) is 0. The van der Waals surface area contributed by atoms with Crippen molar-refractivity contribution in [3.05, 3.63) is 23.9 Å². The number of alkyl halides is 3. The fraction of sp³-hybridized carbons (Fsp3) is 0.625. The zero-order valence-corrected chi connectivity index (χ0v) is 13.2. The number of hydrogen-bond donors (Lipinski definition) is 1. The van der Waals surface area contributed by atoms with E-state index in [2.05, 4.69) is 4.98 Å². The maximum Gasteiger partial charge on any atom is 0.417 e. The van der Waals surface area contributed by atoms with E-state index in [1.54, 1.807) is 4.90 Å². The van der Waals surface area contributed by atoms with E-state index in [4.69, 9.17) is 5.11 Å². The highest BCUT2D eigenvalue weighted by atomic mass is 19.4. The van der Waals surface area contributed by atoms with Gasteiger partial charge in [0.1, 0.15) is 5.82 Å². The third kappa shape index (κ3) is 3.07. The minimum Gasteiger partial charge on any atom is -0.395 e. The van der Waals surface area contributed by atoms with Crippen LogP contribution in [0.15, 0.2) is 18.3 Å². The number of likely N-dealkylation sites (tertiary alicyclic amines) is 1. The molecular weight excluding hydrogens is 323 g/mol. The predicted molar refractivity (Wildman–Crippen MR) is 81.4 cm³/mol. The third-order valence-electron chi connectivity index (χ3n) is 4.95. The molecule has 0 saturated carbocycles. The van der Waals surface area contributed by atoms with Gasteiger partial charge in [-0.05, 0) is 31.4 Å². The standard InChI is InChI=1S/C16H20F3N3O2/c17-16(18,19)12-2-3-13(20-10-12)22-7-5-15(11-22)4-1-6-21(8-9-23)14(15)24/h2-3,10,23H,1,4-9,11H2/t15-/m1/s1. The summed E-state index contributed by atoms with van der Waals surface area (Å²) in [5, 5.41) is 9.08. The van der Waals surface area contributed by atoms with Crippen LogP contribution in [0, 0.1) is 5.41 Å². The fourth-order valence-electron chi connectivity index (χ4n) is 3.67. The molecule has 5 nitrogen and oxygen atoms in total. The van der Waals surface area contributed by atoms with Crippen LogP contribution in [0.5, 0.6) is 0 Å². The van der Waals surface area contributed by atoms with Crippen LogP contribution in [-0.4, -0.2) is 53.7 Å². The monoisotopic (exact) mass is 343 g/mol. The van der Waals surface area contributed by atoms with Crippen molar-refractivity contribution < 1.29 is 23.1 Å². The summed E-state index contributed by atoms with van der Waals surface area (Å²) in [6, 6.07) is 2.38. The molecule has 1 atom stereocenters. The number of anilines is 1. The zero-order chi connectivity index (χ0) is 17.4. The number of rotatable bonds is 3. The Bertz CT molecular complexity index is 604. The van der Waals surface area contributed by atoms with E-state index in [0.29, 0.717) is 38.4 Å². The molecule has 1 aromatic heterocycles. The summed E-state index contributed by atoms with van der Waals surface area (Å²) in [6.45, 7) is 1.98. The van der Waals surface area contributed by atoms with Crippen molar-refractivity contribution in [1.29, 1.82) is 0 Å². The van der Waals surface area contributed by atoms with Gasteiger partial charge in [-0.2, -0.15) is 13.2 Å². The first-order valence-electron chi connectivity index (χ1n) is 8.04. The van der Waals surface area contributed by atoms with Crippen molar-refractivity contribution in [3.63, 3.8) is 0 Å². The first-order chi connectivity index (χ1) is 11.4. The van der Waals surface area contributed by atoms with E-state index in [0.717, 1.165) is 25.1 Å². The van der Waals surface area contributed by atoms with Crippen LogP contribution in [0.25, 0.3) is 0 Å². The number of amides is 1. The van der Waals surface area contributed by atoms with Crippen molar-refractivity contribution >= 4 is 11.7 Å². The SMILES string of the molecule is O=C1N(CCO)CCC[C@]12CCN(c1ccc(C(F)(F)F)cn1)C2. The number of β-amino-alcohol motifs (C(OH)–C–C–N with tert-alkyl or cyclic N) is 1. The molecule has 1 N–H and O–H groups in total. The zero-order valence-electron chi connectivity index (χ0n) is 13.2. The molecule has 2 aliphatic rings. The van der Waals surface area contributed by atoms with Gasteiger partial charge in [-0.3, -0.25) is 4.79 Å². The number of aliphatic hydroxyl groups excluding tert-OH is 1. The van der Waals surface area contributed by atoms with Gasteiger partial charge in [-0.15, -0.1) is 0 Å². The second kappa shape index (κ2) is 6.23. The van der Waals surface area contributed by atoms with Crippen LogP contribution in [-0.2, 0) is 11.0 Å². The molecule has 0 bridgehead atoms. The molecule has 1 amide bonds. The van der Waals surface area contributed by atoms with Gasteiger partial charge in [0, 0.05) is 32.4 Å². The summed E-state index contributed by atoms with van der Waals surface area (Å²) in [5.74, 6) is 0.504. The maximum absolute atomic E-state index is 12.7. The maximum atomic E-state index is 12.7. The highest BCUT2D eigenvalue weighted by Crippen LogP contribution is 2.41. The number of pyridine rings is 1. The molecule has 2 saturated heterocycles. The van der Waals surface area contributed by atoms with Gasteiger partial charge in [-0.25, -0.2) is 4.98 Å². The average Bonchev–Trinajstić information content (AvgIpc) is 2.97. The number of nitrogens with zero attached hydrogens (tertiary/aromatic N) is 3. The van der Waals surface area contributed by atoms with Crippen LogP contribution in [0.4, 0.5) is 19.0 Å². The second-order valence-electron chi connectivity index (χ2n) is 6.47. The van der Waals surface area contributed by atoms with Gasteiger partial charge in [0.2, 0.25) is 5.91 Å². The molecule has 3 rings (SSSR count). The Kier molecular flexibility index (Phi) is 4.42. The van der Waals surface area contributed by atoms with Crippen molar-refractivity contribution in [2.45, 2.75) is 25.4 Å². The summed E-state index contributed by atoms with van der Waals surface area (Å²) in [4.78, 5) is 20.2. The molecule has 1 spiro atoms. The largest absolute Gasteiger partial charge is 0.417 e. The first kappa shape index (κ1) is 17.0. The van der Waals surface area contributed by atoms with Gasteiger partial charge < -0.3 is 14.9 Å². The molecule has 1 aromatic rings. The van der Waals surface area contributed by atoms with Crippen LogP contribution in [0.2, 0.25) is 0 Å². The predicted octanol–water partition coefficient (Wildman–Crippen LogP) is 1.91. The molecular formula is C16H20F3N3O2. The number of hydrogen-bond acceptors (Lipinski definition) is 4. The minimum atomic E-state index is -4.40. The first-order valence-corrected chi connectivity index (χ1v) is 8.04.